The quantitative estimate of drug-likeness (QED) is 0.0435. The van der Waals surface area contributed by atoms with Gasteiger partial charge in [0.1, 0.15) is 17.7 Å². The second-order valence-corrected chi connectivity index (χ2v) is 17.7. The first-order valence-electron chi connectivity index (χ1n) is 16.8. The summed E-state index contributed by atoms with van der Waals surface area (Å²) in [5, 5.41) is 3.62. The molecule has 1 saturated heterocycles. The maximum atomic E-state index is 13.9. The van der Waals surface area contributed by atoms with Gasteiger partial charge in [-0.3, -0.25) is 37.5 Å². The van der Waals surface area contributed by atoms with E-state index in [1.165, 1.54) is 61.7 Å². The van der Waals surface area contributed by atoms with E-state index in [0.717, 1.165) is 4.57 Å². The van der Waals surface area contributed by atoms with E-state index < -0.39 is 87.9 Å². The summed E-state index contributed by atoms with van der Waals surface area (Å²) in [4.78, 5) is 66.8. The summed E-state index contributed by atoms with van der Waals surface area (Å²) in [6, 6.07) is 10.8. The van der Waals surface area contributed by atoms with Crippen LogP contribution in [0.15, 0.2) is 69.4 Å². The molecule has 4 atom stereocenters. The molecule has 4 rings (SSSR count). The fourth-order valence-corrected chi connectivity index (χ4v) is 7.12. The molecule has 1 fully saturated rings. The van der Waals surface area contributed by atoms with Crippen molar-refractivity contribution in [3.63, 3.8) is 0 Å². The zero-order valence-corrected chi connectivity index (χ0v) is 33.9. The van der Waals surface area contributed by atoms with Crippen molar-refractivity contribution in [3.05, 3.63) is 103 Å². The van der Waals surface area contributed by atoms with Crippen LogP contribution in [0, 0.1) is 17.8 Å². The molecule has 5 N–H and O–H groups in total. The van der Waals surface area contributed by atoms with Gasteiger partial charge >= 0.3 is 25.5 Å². The fraction of sp³-hybridized carbons (Fsp3) is 0.471. The van der Waals surface area contributed by atoms with Crippen LogP contribution in [0.1, 0.15) is 70.9 Å². The van der Waals surface area contributed by atoms with Crippen LogP contribution in [0.4, 0.5) is 0 Å². The number of nitrogens with zero attached hydrogens (tertiary/aromatic N) is 4. The Balaban J connectivity index is 0.00000841. The van der Waals surface area contributed by atoms with E-state index in [1.807, 2.05) is 0 Å². The molecule has 1 aromatic heterocycles. The van der Waals surface area contributed by atoms with Crippen LogP contribution in [-0.4, -0.2) is 40.2 Å². The average Bonchev–Trinajstić information content (AvgIpc) is 3.50. The van der Waals surface area contributed by atoms with Crippen molar-refractivity contribution in [2.45, 2.75) is 86.5 Å². The first-order chi connectivity index (χ1) is 25.6. The lowest BCUT2D eigenvalue weighted by atomic mass is 9.97. The van der Waals surface area contributed by atoms with E-state index >= 15 is 0 Å². The molecule has 2 heterocycles. The highest BCUT2D eigenvalue weighted by atomic mass is 31.3. The molecule has 0 saturated carbocycles. The zero-order valence-electron chi connectivity index (χ0n) is 32.2. The minimum atomic E-state index is -5.56. The topological polar surface area (TPSA) is 296 Å². The number of H-pyrrole nitrogens is 1. The fourth-order valence-electron chi connectivity index (χ4n) is 4.55. The van der Waals surface area contributed by atoms with Gasteiger partial charge in [0, 0.05) is 23.1 Å². The number of aryl methyl sites for hydroxylation is 1. The molecule has 0 bridgehead atoms. The normalized spacial score (nSPS) is 18.2. The van der Waals surface area contributed by atoms with Crippen LogP contribution in [-0.2, 0) is 54.6 Å². The van der Waals surface area contributed by atoms with E-state index in [1.54, 1.807) is 41.5 Å². The van der Waals surface area contributed by atoms with E-state index in [4.69, 9.17) is 37.6 Å². The van der Waals surface area contributed by atoms with Gasteiger partial charge in [0.25, 0.3) is 13.4 Å². The number of azide groups is 1. The Morgan fingerprint density at radius 2 is 1.39 bits per heavy atom. The number of hydrogen-bond donors (Lipinski definition) is 2. The van der Waals surface area contributed by atoms with Crippen molar-refractivity contribution >= 4 is 27.6 Å². The van der Waals surface area contributed by atoms with Crippen molar-refractivity contribution in [1.29, 1.82) is 0 Å². The van der Waals surface area contributed by atoms with Crippen molar-refractivity contribution < 1.29 is 55.7 Å². The molecule has 22 heteroatoms. The Labute approximate surface area is 321 Å². The molecule has 0 spiro atoms. The minimum absolute atomic E-state index is 0. The predicted octanol–water partition coefficient (Wildman–Crippen LogP) is 6.13. The van der Waals surface area contributed by atoms with Crippen molar-refractivity contribution in [3.8, 4) is 11.5 Å². The highest BCUT2D eigenvalue weighted by molar-refractivity contribution is 7.61. The number of quaternary nitrogens is 1. The third-order valence-corrected chi connectivity index (χ3v) is 10.7. The smallest absolute Gasteiger partial charge is 0.481 e. The molecule has 306 valence electrons. The summed E-state index contributed by atoms with van der Waals surface area (Å²) in [6.07, 6.45) is -1.14. The summed E-state index contributed by atoms with van der Waals surface area (Å²) in [5.74, 6) is -0.494. The van der Waals surface area contributed by atoms with E-state index in [9.17, 15) is 33.2 Å². The molecule has 0 amide bonds. The molecule has 0 aliphatic carbocycles. The Morgan fingerprint density at radius 1 is 0.911 bits per heavy atom. The van der Waals surface area contributed by atoms with Crippen LogP contribution in [0.3, 0.4) is 0 Å². The Kier molecular flexibility index (Phi) is 15.3. The third-order valence-electron chi connectivity index (χ3n) is 7.73. The molecule has 3 aromatic rings. The van der Waals surface area contributed by atoms with Gasteiger partial charge in [0.2, 0.25) is 0 Å². The summed E-state index contributed by atoms with van der Waals surface area (Å²) >= 11 is 0. The molecular weight excluding hydrogens is 778 g/mol. The molecule has 2 aromatic carbocycles. The molecular formula is C34H46N6O14P2. The first-order valence-corrected chi connectivity index (χ1v) is 19.7. The van der Waals surface area contributed by atoms with Gasteiger partial charge in [-0.1, -0.05) is 29.4 Å². The van der Waals surface area contributed by atoms with Gasteiger partial charge < -0.3 is 29.8 Å². The summed E-state index contributed by atoms with van der Waals surface area (Å²) in [7, 11) is -10.6. The number of benzene rings is 2. The Bertz CT molecular complexity index is 2040. The maximum Gasteiger partial charge on any atom is 0.481 e. The van der Waals surface area contributed by atoms with Gasteiger partial charge in [-0.15, -0.1) is 0 Å². The van der Waals surface area contributed by atoms with Gasteiger partial charge in [0.15, 0.2) is 0 Å². The second kappa shape index (κ2) is 18.7. The zero-order chi connectivity index (χ0) is 40.8. The third kappa shape index (κ3) is 13.1. The largest absolute Gasteiger partial charge is 0.756 e. The number of hydrogen-bond acceptors (Lipinski definition) is 15. The number of carbonyl (C=O) groups excluding carboxylic acids is 2. The first kappa shape index (κ1) is 45.9. The summed E-state index contributed by atoms with van der Waals surface area (Å²) in [6.45, 7) is 9.82. The lowest BCUT2D eigenvalue weighted by molar-refractivity contribution is -0.221. The molecule has 1 unspecified atom stereocenters. The Hall–Kier alpha value is -4.45. The minimum Gasteiger partial charge on any atom is -0.756 e. The highest BCUT2D eigenvalue weighted by Gasteiger charge is 2.39. The molecule has 56 heavy (non-hydrogen) atoms. The molecule has 1 aliphatic heterocycles. The standard InChI is InChI=1S/C34H43N5O14P2.H3N/c1-21-17-39(32(43)36-29(21)40)28-16-26(37-38-35)27(52-28)20-47-54(44,45)53-55(46,48-18-22-8-12-24(13-9-22)50-30(41)33(2,3)4)49-19-23-10-14-25(15-11-23)51-31(42)34(5,6)7;/h8-15,17,26-28H,16,18-20H2,1-7H3,(H,44,45)(H,36,40,43);1H3/t26-,27+,28+;/m0./s1. The summed E-state index contributed by atoms with van der Waals surface area (Å²) in [5.41, 5.74) is 7.07. The van der Waals surface area contributed by atoms with Crippen LogP contribution in [0.2, 0.25) is 0 Å². The van der Waals surface area contributed by atoms with Crippen LogP contribution >= 0.6 is 15.6 Å². The van der Waals surface area contributed by atoms with Crippen molar-refractivity contribution in [2.24, 2.45) is 15.9 Å². The SMILES string of the molecule is Cc1cn([C@H]2C[C@H](N=[N+]=[N-])[C@@H](COP(=O)([O-])OP(=O)(OCc3ccc(OC(=O)C(C)(C)C)cc3)OCc3ccc(OC(=O)C(C)(C)C)cc3)O2)c(=O)[nH]c1=O.[NH4+]. The average molecular weight is 825 g/mol. The number of phosphoric acid groups is 2. The lowest BCUT2D eigenvalue weighted by Gasteiger charge is -2.28. The van der Waals surface area contributed by atoms with Crippen molar-refractivity contribution in [2.75, 3.05) is 6.61 Å². The van der Waals surface area contributed by atoms with E-state index in [-0.39, 0.29) is 29.6 Å². The van der Waals surface area contributed by atoms with Gasteiger partial charge in [-0.25, -0.2) is 13.7 Å². The number of aromatic nitrogens is 2. The predicted molar refractivity (Wildman–Crippen MR) is 198 cm³/mol. The number of aromatic amines is 1. The van der Waals surface area contributed by atoms with Crippen molar-refractivity contribution in [1.82, 2.24) is 15.7 Å². The number of ether oxygens (including phenoxy) is 3. The number of rotatable bonds is 15. The lowest BCUT2D eigenvalue weighted by Crippen LogP contribution is -2.33. The van der Waals surface area contributed by atoms with E-state index in [0.29, 0.717) is 11.1 Å². The van der Waals surface area contributed by atoms with Gasteiger partial charge in [0.05, 0.1) is 42.8 Å². The van der Waals surface area contributed by atoms with E-state index in [2.05, 4.69) is 15.0 Å². The number of nitrogens with one attached hydrogen (secondary N) is 1. The van der Waals surface area contributed by atoms with Gasteiger partial charge in [-0.05, 0) is 89.4 Å². The monoisotopic (exact) mass is 824 g/mol. The van der Waals surface area contributed by atoms with Crippen LogP contribution in [0.25, 0.3) is 10.4 Å². The van der Waals surface area contributed by atoms with Crippen LogP contribution < -0.4 is 31.8 Å². The number of esters is 2. The van der Waals surface area contributed by atoms with Gasteiger partial charge in [-0.2, -0.15) is 0 Å². The molecule has 20 nitrogen and oxygen atoms in total. The maximum absolute atomic E-state index is 13.9. The number of phosphoric ester groups is 2. The molecule has 1 aliphatic rings. The number of carbonyl (C=O) groups is 2. The van der Waals surface area contributed by atoms with Crippen LogP contribution in [0.5, 0.6) is 11.5 Å². The highest BCUT2D eigenvalue weighted by Crippen LogP contribution is 2.62. The Morgan fingerprint density at radius 3 is 1.84 bits per heavy atom. The summed E-state index contributed by atoms with van der Waals surface area (Å²) < 4.78 is 65.3. The molecule has 0 radical (unpaired) electrons. The second-order valence-electron chi connectivity index (χ2n) is 14.5.